The molecule has 0 N–H and O–H groups in total. The van der Waals surface area contributed by atoms with E-state index < -0.39 is 0 Å². The third-order valence-corrected chi connectivity index (χ3v) is 6.42. The smallest absolute Gasteiger partial charge is 0.159 e. The van der Waals surface area contributed by atoms with Gasteiger partial charge in [0.2, 0.25) is 0 Å². The topological polar surface area (TPSA) is 15.6 Å². The lowest BCUT2D eigenvalue weighted by Gasteiger charge is -2.49. The fourth-order valence-corrected chi connectivity index (χ4v) is 4.61. The molecule has 1 aliphatic carbocycles. The Bertz CT molecular complexity index is 303. The van der Waals surface area contributed by atoms with Gasteiger partial charge < -0.3 is 4.90 Å². The van der Waals surface area contributed by atoms with Crippen molar-refractivity contribution in [2.75, 3.05) is 14.1 Å². The summed E-state index contributed by atoms with van der Waals surface area (Å²) < 4.78 is 0.342. The summed E-state index contributed by atoms with van der Waals surface area (Å²) in [5.41, 5.74) is 0. The highest BCUT2D eigenvalue weighted by Gasteiger charge is 2.56. The molecule has 2 aliphatic rings. The molecule has 1 aliphatic heterocycles. The van der Waals surface area contributed by atoms with Crippen molar-refractivity contribution < 1.29 is 0 Å². The normalized spacial score (nSPS) is 48.4. The quantitative estimate of drug-likeness (QED) is 0.583. The van der Waals surface area contributed by atoms with Crippen molar-refractivity contribution >= 4 is 24.8 Å². The number of nitrogens with zero attached hydrogens (tertiary/aromatic N) is 2. The van der Waals surface area contributed by atoms with Crippen LogP contribution in [0.5, 0.6) is 0 Å². The summed E-state index contributed by atoms with van der Waals surface area (Å²) in [5, 5.41) is 1.64. The predicted octanol–water partition coefficient (Wildman–Crippen LogP) is 1.77. The van der Waals surface area contributed by atoms with Gasteiger partial charge in [0.15, 0.2) is 5.17 Å². The first-order chi connectivity index (χ1) is 6.92. The van der Waals surface area contributed by atoms with E-state index >= 15 is 0 Å². The molecule has 1 saturated carbocycles. The van der Waals surface area contributed by atoms with E-state index in [9.17, 15) is 0 Å². The lowest BCUT2D eigenvalue weighted by molar-refractivity contribution is 0.204. The molecule has 84 valence electrons. The van der Waals surface area contributed by atoms with Gasteiger partial charge in [0.1, 0.15) is 7.85 Å². The highest BCUT2D eigenvalue weighted by molar-refractivity contribution is 8.15. The molecule has 4 heteroatoms. The highest BCUT2D eigenvalue weighted by Crippen LogP contribution is 2.60. The van der Waals surface area contributed by atoms with E-state index in [0.29, 0.717) is 16.1 Å². The number of fused-ring (bicyclic) bond motifs is 1. The lowest BCUT2D eigenvalue weighted by Crippen LogP contribution is -2.50. The summed E-state index contributed by atoms with van der Waals surface area (Å²) in [4.78, 5) is 6.80. The molecule has 2 nitrogen and oxygen atoms in total. The van der Waals surface area contributed by atoms with Gasteiger partial charge in [-0.2, -0.15) is 0 Å². The maximum atomic E-state index is 4.41. The molecule has 0 aromatic heterocycles. The van der Waals surface area contributed by atoms with Crippen LogP contribution in [-0.2, 0) is 0 Å². The summed E-state index contributed by atoms with van der Waals surface area (Å²) in [5.74, 6) is 0. The van der Waals surface area contributed by atoms with Crippen molar-refractivity contribution in [1.29, 1.82) is 0 Å². The van der Waals surface area contributed by atoms with Crippen molar-refractivity contribution in [3.63, 3.8) is 0 Å². The van der Waals surface area contributed by atoms with Crippen molar-refractivity contribution in [2.24, 2.45) is 4.99 Å². The molecule has 2 fully saturated rings. The van der Waals surface area contributed by atoms with Gasteiger partial charge in [0.05, 0.1) is 0 Å². The molecule has 2 rings (SSSR count). The Morgan fingerprint density at radius 1 is 1.53 bits per heavy atom. The minimum Gasteiger partial charge on any atom is -0.350 e. The molecule has 3 atom stereocenters. The number of hydrogen-bond acceptors (Lipinski definition) is 2. The summed E-state index contributed by atoms with van der Waals surface area (Å²) >= 11 is 1.99. The average molecular weight is 224 g/mol. The number of hydrogen-bond donors (Lipinski definition) is 0. The molecule has 3 unspecified atom stereocenters. The first kappa shape index (κ1) is 11.4. The molecule has 0 amide bonds. The van der Waals surface area contributed by atoms with Crippen LogP contribution in [0.25, 0.3) is 0 Å². The number of thioether (sulfide) groups is 1. The molecule has 0 spiro atoms. The maximum Gasteiger partial charge on any atom is 0.159 e. The van der Waals surface area contributed by atoms with Gasteiger partial charge >= 0.3 is 0 Å². The zero-order chi connectivity index (χ0) is 11.3. The number of aliphatic imine (C=N–C) groups is 1. The Kier molecular flexibility index (Phi) is 2.61. The van der Waals surface area contributed by atoms with Gasteiger partial charge in [-0.15, -0.1) is 0 Å². The van der Waals surface area contributed by atoms with E-state index in [-0.39, 0.29) is 0 Å². The third-order valence-electron chi connectivity index (χ3n) is 4.52. The van der Waals surface area contributed by atoms with Crippen LogP contribution in [0.3, 0.4) is 0 Å². The summed E-state index contributed by atoms with van der Waals surface area (Å²) in [7, 11) is 6.53. The van der Waals surface area contributed by atoms with Gasteiger partial charge in [0, 0.05) is 24.9 Å². The van der Waals surface area contributed by atoms with Crippen molar-refractivity contribution in [3.8, 4) is 0 Å². The molecule has 1 heterocycles. The molecular weight excluding hydrogens is 203 g/mol. The van der Waals surface area contributed by atoms with Crippen LogP contribution in [0.4, 0.5) is 0 Å². The Balaban J connectivity index is 2.39. The van der Waals surface area contributed by atoms with E-state index in [2.05, 4.69) is 38.6 Å². The Morgan fingerprint density at radius 3 is 2.73 bits per heavy atom. The van der Waals surface area contributed by atoms with Crippen LogP contribution in [-0.4, -0.2) is 42.8 Å². The second-order valence-corrected chi connectivity index (χ2v) is 7.04. The van der Waals surface area contributed by atoms with E-state index in [1.54, 1.807) is 0 Å². The Labute approximate surface area is 98.3 Å². The predicted molar refractivity (Wildman–Crippen MR) is 71.7 cm³/mol. The van der Waals surface area contributed by atoms with Crippen molar-refractivity contribution in [2.45, 2.75) is 49.2 Å². The largest absolute Gasteiger partial charge is 0.350 e. The van der Waals surface area contributed by atoms with Crippen molar-refractivity contribution in [1.82, 2.24) is 4.90 Å². The van der Waals surface area contributed by atoms with Gasteiger partial charge in [-0.3, -0.25) is 4.99 Å². The first-order valence-corrected chi connectivity index (χ1v) is 6.63. The van der Waals surface area contributed by atoms with Gasteiger partial charge in [-0.05, 0) is 18.7 Å². The van der Waals surface area contributed by atoms with Crippen LogP contribution in [0.1, 0.15) is 33.1 Å². The standard InChI is InChI=1S/C11H21BN2S/c1-10(12)7-5-6-8-11(10,2)15-9(13-3)14(8)4/h8H,5-7,12H2,1-4H3/b13-9-. The molecule has 0 bridgehead atoms. The van der Waals surface area contributed by atoms with Crippen LogP contribution in [0.2, 0.25) is 5.31 Å². The summed E-state index contributed by atoms with van der Waals surface area (Å²) in [6.45, 7) is 4.84. The van der Waals surface area contributed by atoms with Gasteiger partial charge in [-0.25, -0.2) is 0 Å². The van der Waals surface area contributed by atoms with Gasteiger partial charge in [-0.1, -0.05) is 31.5 Å². The third kappa shape index (κ3) is 1.44. The van der Waals surface area contributed by atoms with Crippen molar-refractivity contribution in [3.05, 3.63) is 0 Å². The number of amidine groups is 1. The summed E-state index contributed by atoms with van der Waals surface area (Å²) in [6.07, 6.45) is 4.02. The Hall–Kier alpha value is -0.115. The second-order valence-electron chi connectivity index (χ2n) is 5.62. The number of rotatable bonds is 0. The van der Waals surface area contributed by atoms with Crippen LogP contribution in [0, 0.1) is 0 Å². The minimum absolute atomic E-state index is 0.342. The van der Waals surface area contributed by atoms with Crippen LogP contribution < -0.4 is 0 Å². The minimum atomic E-state index is 0.342. The molecule has 0 aromatic rings. The fraction of sp³-hybridized carbons (Fsp3) is 0.909. The van der Waals surface area contributed by atoms with Crippen LogP contribution in [0.15, 0.2) is 4.99 Å². The molecule has 0 radical (unpaired) electrons. The maximum absolute atomic E-state index is 4.41. The lowest BCUT2D eigenvalue weighted by atomic mass is 9.54. The molecule has 0 aromatic carbocycles. The molecular formula is C11H21BN2S. The monoisotopic (exact) mass is 224 g/mol. The zero-order valence-electron chi connectivity index (χ0n) is 10.5. The SMILES string of the molecule is BC1(C)CCCC2N(C)/C(=N/C)SC21C. The molecule has 15 heavy (non-hydrogen) atoms. The van der Waals surface area contributed by atoms with Crippen LogP contribution >= 0.6 is 11.8 Å². The highest BCUT2D eigenvalue weighted by atomic mass is 32.2. The van der Waals surface area contributed by atoms with E-state index in [1.807, 2.05) is 18.8 Å². The zero-order valence-corrected chi connectivity index (χ0v) is 11.3. The fourth-order valence-electron chi connectivity index (χ4n) is 3.08. The second kappa shape index (κ2) is 3.44. The van der Waals surface area contributed by atoms with E-state index in [0.717, 1.165) is 0 Å². The summed E-state index contributed by atoms with van der Waals surface area (Å²) in [6, 6.07) is 0.671. The first-order valence-electron chi connectivity index (χ1n) is 5.81. The van der Waals surface area contributed by atoms with E-state index in [4.69, 9.17) is 0 Å². The molecule has 1 saturated heterocycles. The Morgan fingerprint density at radius 2 is 2.20 bits per heavy atom. The average Bonchev–Trinajstić information content (AvgIpc) is 2.42. The van der Waals surface area contributed by atoms with E-state index in [1.165, 1.54) is 24.4 Å². The van der Waals surface area contributed by atoms with Gasteiger partial charge in [0.25, 0.3) is 0 Å².